The molecule has 2 aliphatic rings. The third-order valence-electron chi connectivity index (χ3n) is 5.72. The number of aryl methyl sites for hydroxylation is 1. The summed E-state index contributed by atoms with van der Waals surface area (Å²) in [5.41, 5.74) is 1.54. The lowest BCUT2D eigenvalue weighted by Crippen LogP contribution is -2.51. The molecule has 0 bridgehead atoms. The van der Waals surface area contributed by atoms with Crippen LogP contribution in [0.4, 0.5) is 0 Å². The molecule has 1 amide bonds. The van der Waals surface area contributed by atoms with Crippen LogP contribution < -0.4 is 5.32 Å². The number of carbonyl (C=O) groups excluding carboxylic acids is 1. The van der Waals surface area contributed by atoms with Gasteiger partial charge in [0.15, 0.2) is 0 Å². The molecule has 3 heterocycles. The molecule has 0 spiro atoms. The van der Waals surface area contributed by atoms with Gasteiger partial charge in [-0.2, -0.15) is 5.10 Å². The van der Waals surface area contributed by atoms with Gasteiger partial charge in [-0.25, -0.2) is 0 Å². The van der Waals surface area contributed by atoms with E-state index in [-0.39, 0.29) is 16.7 Å². The molecule has 1 N–H and O–H groups in total. The third-order valence-corrected chi connectivity index (χ3v) is 5.72. The summed E-state index contributed by atoms with van der Waals surface area (Å²) in [5, 5.41) is 7.71. The van der Waals surface area contributed by atoms with Crippen LogP contribution in [-0.2, 0) is 21.9 Å². The van der Waals surface area contributed by atoms with Crippen LogP contribution in [0, 0.1) is 5.41 Å². The van der Waals surface area contributed by atoms with Crippen LogP contribution in [0.1, 0.15) is 49.8 Å². The van der Waals surface area contributed by atoms with Crippen LogP contribution in [-0.4, -0.2) is 73.2 Å². The quantitative estimate of drug-likeness (QED) is 0.842. The zero-order valence-corrected chi connectivity index (χ0v) is 17.2. The van der Waals surface area contributed by atoms with Crippen LogP contribution in [0.5, 0.6) is 0 Å². The van der Waals surface area contributed by atoms with Crippen molar-refractivity contribution in [3.63, 3.8) is 0 Å². The van der Waals surface area contributed by atoms with Crippen molar-refractivity contribution in [1.29, 1.82) is 0 Å². The number of morpholine rings is 1. The van der Waals surface area contributed by atoms with E-state index in [4.69, 9.17) is 9.47 Å². The Kier molecular flexibility index (Phi) is 6.23. The minimum Gasteiger partial charge on any atom is -0.381 e. The van der Waals surface area contributed by atoms with E-state index < -0.39 is 0 Å². The monoisotopic (exact) mass is 378 g/mol. The molecule has 0 atom stereocenters. The number of rotatable bonds is 5. The lowest BCUT2D eigenvalue weighted by Gasteiger charge is -2.42. The molecule has 0 aromatic carbocycles. The normalized spacial score (nSPS) is 21.2. The number of nitrogens with zero attached hydrogens (tertiary/aromatic N) is 3. The smallest absolute Gasteiger partial charge is 0.269 e. The second kappa shape index (κ2) is 8.29. The average molecular weight is 379 g/mol. The first kappa shape index (κ1) is 20.3. The van der Waals surface area contributed by atoms with E-state index in [1.54, 1.807) is 4.68 Å². The van der Waals surface area contributed by atoms with Gasteiger partial charge in [0.05, 0.1) is 18.9 Å². The highest BCUT2D eigenvalue weighted by Crippen LogP contribution is 2.31. The molecule has 0 saturated carbocycles. The summed E-state index contributed by atoms with van der Waals surface area (Å²) in [7, 11) is 1.84. The van der Waals surface area contributed by atoms with E-state index in [0.717, 1.165) is 64.6 Å². The Bertz CT molecular complexity index is 638. The maximum atomic E-state index is 12.8. The number of nitrogens with one attached hydrogen (secondary N) is 1. The highest BCUT2D eigenvalue weighted by atomic mass is 16.5. The molecule has 0 aliphatic carbocycles. The minimum absolute atomic E-state index is 0.0478. The van der Waals surface area contributed by atoms with E-state index in [9.17, 15) is 4.79 Å². The second-order valence-corrected chi connectivity index (χ2v) is 8.97. The lowest BCUT2D eigenvalue weighted by molar-refractivity contribution is -0.0283. The molecule has 0 radical (unpaired) electrons. The van der Waals surface area contributed by atoms with E-state index in [2.05, 4.69) is 36.1 Å². The highest BCUT2D eigenvalue weighted by molar-refractivity contribution is 5.92. The van der Waals surface area contributed by atoms with Crippen molar-refractivity contribution in [2.75, 3.05) is 52.6 Å². The van der Waals surface area contributed by atoms with Gasteiger partial charge >= 0.3 is 0 Å². The number of hydrogen-bond acceptors (Lipinski definition) is 5. The second-order valence-electron chi connectivity index (χ2n) is 8.97. The van der Waals surface area contributed by atoms with Crippen molar-refractivity contribution in [1.82, 2.24) is 20.0 Å². The number of ether oxygens (including phenoxy) is 2. The largest absolute Gasteiger partial charge is 0.381 e. The third kappa shape index (κ3) is 5.09. The number of carbonyl (C=O) groups is 1. The van der Waals surface area contributed by atoms with Gasteiger partial charge < -0.3 is 14.8 Å². The van der Waals surface area contributed by atoms with Crippen LogP contribution in [0.25, 0.3) is 0 Å². The van der Waals surface area contributed by atoms with E-state index in [1.165, 1.54) is 0 Å². The fraction of sp³-hybridized carbons (Fsp3) is 0.800. The van der Waals surface area contributed by atoms with Gasteiger partial charge in [-0.1, -0.05) is 20.8 Å². The van der Waals surface area contributed by atoms with Gasteiger partial charge in [0, 0.05) is 57.3 Å². The van der Waals surface area contributed by atoms with Gasteiger partial charge in [-0.15, -0.1) is 0 Å². The lowest BCUT2D eigenvalue weighted by atomic mass is 9.79. The Balaban J connectivity index is 1.66. The van der Waals surface area contributed by atoms with Crippen molar-refractivity contribution in [2.24, 2.45) is 12.5 Å². The van der Waals surface area contributed by atoms with Gasteiger partial charge in [0.25, 0.3) is 5.91 Å². The molecule has 7 heteroatoms. The molecule has 7 nitrogen and oxygen atoms in total. The first-order valence-electron chi connectivity index (χ1n) is 10.00. The predicted octanol–water partition coefficient (Wildman–Crippen LogP) is 1.58. The summed E-state index contributed by atoms with van der Waals surface area (Å²) in [6, 6.07) is 1.91. The number of hydrogen-bond donors (Lipinski definition) is 1. The molecule has 152 valence electrons. The van der Waals surface area contributed by atoms with Crippen molar-refractivity contribution < 1.29 is 14.3 Å². The molecular weight excluding hydrogens is 344 g/mol. The topological polar surface area (TPSA) is 68.6 Å². The van der Waals surface area contributed by atoms with Crippen LogP contribution in [0.3, 0.4) is 0 Å². The highest BCUT2D eigenvalue weighted by Gasteiger charge is 2.35. The van der Waals surface area contributed by atoms with Gasteiger partial charge in [0.2, 0.25) is 0 Å². The zero-order chi connectivity index (χ0) is 19.5. The Morgan fingerprint density at radius 3 is 2.41 bits per heavy atom. The fourth-order valence-corrected chi connectivity index (χ4v) is 3.83. The van der Waals surface area contributed by atoms with Crippen molar-refractivity contribution in [3.05, 3.63) is 17.5 Å². The molecule has 3 rings (SSSR count). The maximum Gasteiger partial charge on any atom is 0.269 e. The SMILES string of the molecule is Cn1nc(C(C)(C)C)cc1C(=O)NCC1(CN2CCOCC2)CCOCC1. The Hall–Kier alpha value is -1.44. The van der Waals surface area contributed by atoms with Crippen LogP contribution in [0.15, 0.2) is 6.07 Å². The van der Waals surface area contributed by atoms with Crippen molar-refractivity contribution in [3.8, 4) is 0 Å². The van der Waals surface area contributed by atoms with Gasteiger partial charge in [0.1, 0.15) is 5.69 Å². The van der Waals surface area contributed by atoms with Crippen LogP contribution >= 0.6 is 0 Å². The van der Waals surface area contributed by atoms with E-state index in [1.807, 2.05) is 13.1 Å². The first-order valence-corrected chi connectivity index (χ1v) is 10.00. The Morgan fingerprint density at radius 1 is 1.19 bits per heavy atom. The minimum atomic E-state index is -0.0748. The molecule has 2 fully saturated rings. The number of amides is 1. The summed E-state index contributed by atoms with van der Waals surface area (Å²) < 4.78 is 12.8. The van der Waals surface area contributed by atoms with Crippen LogP contribution in [0.2, 0.25) is 0 Å². The molecule has 1 aromatic heterocycles. The van der Waals surface area contributed by atoms with E-state index in [0.29, 0.717) is 12.2 Å². The van der Waals surface area contributed by atoms with Gasteiger partial charge in [-0.3, -0.25) is 14.4 Å². The first-order chi connectivity index (χ1) is 12.8. The maximum absolute atomic E-state index is 12.8. The standard InChI is InChI=1S/C20H34N4O3/c1-19(2,3)17-13-16(23(4)22-17)18(25)21-14-20(5-9-26-10-6-20)15-24-7-11-27-12-8-24/h13H,5-12,14-15H2,1-4H3,(H,21,25). The van der Waals surface area contributed by atoms with Crippen molar-refractivity contribution >= 4 is 5.91 Å². The average Bonchev–Trinajstić information content (AvgIpc) is 3.04. The summed E-state index contributed by atoms with van der Waals surface area (Å²) in [4.78, 5) is 15.3. The molecule has 27 heavy (non-hydrogen) atoms. The summed E-state index contributed by atoms with van der Waals surface area (Å²) in [6.45, 7) is 13.0. The van der Waals surface area contributed by atoms with Gasteiger partial charge in [-0.05, 0) is 18.9 Å². The Labute approximate surface area is 162 Å². The van der Waals surface area contributed by atoms with E-state index >= 15 is 0 Å². The van der Waals surface area contributed by atoms with Crippen molar-refractivity contribution in [2.45, 2.75) is 39.0 Å². The molecular formula is C20H34N4O3. The molecule has 2 saturated heterocycles. The summed E-state index contributed by atoms with van der Waals surface area (Å²) in [5.74, 6) is -0.0478. The predicted molar refractivity (Wildman–Crippen MR) is 104 cm³/mol. The summed E-state index contributed by atoms with van der Waals surface area (Å²) in [6.07, 6.45) is 1.95. The molecule has 1 aromatic rings. The molecule has 0 unspecified atom stereocenters. The zero-order valence-electron chi connectivity index (χ0n) is 17.2. The Morgan fingerprint density at radius 2 is 1.81 bits per heavy atom. The fourth-order valence-electron chi connectivity index (χ4n) is 3.83. The number of aromatic nitrogens is 2. The summed E-state index contributed by atoms with van der Waals surface area (Å²) >= 11 is 0. The molecule has 2 aliphatic heterocycles.